The van der Waals surface area contributed by atoms with Crippen molar-refractivity contribution in [2.24, 2.45) is 0 Å². The molecular formula is C16H22ClFN2O. The van der Waals surface area contributed by atoms with Crippen molar-refractivity contribution in [1.82, 2.24) is 9.55 Å². The summed E-state index contributed by atoms with van der Waals surface area (Å²) < 4.78 is 20.9. The number of fused-ring (bicyclic) bond motifs is 1. The predicted molar refractivity (Wildman–Crippen MR) is 84.4 cm³/mol. The highest BCUT2D eigenvalue weighted by Gasteiger charge is 2.16. The summed E-state index contributed by atoms with van der Waals surface area (Å²) in [5.74, 6) is 0.587. The van der Waals surface area contributed by atoms with E-state index in [1.54, 1.807) is 14.0 Å². The molecule has 0 aliphatic heterocycles. The number of rotatable bonds is 7. The summed E-state index contributed by atoms with van der Waals surface area (Å²) in [5, 5.41) is -0.195. The zero-order valence-electron chi connectivity index (χ0n) is 12.8. The fourth-order valence-electron chi connectivity index (χ4n) is 2.50. The summed E-state index contributed by atoms with van der Waals surface area (Å²) in [7, 11) is 1.72. The third-order valence-corrected chi connectivity index (χ3v) is 3.84. The molecule has 3 nitrogen and oxygen atoms in total. The number of ether oxygens (including phenoxy) is 1. The summed E-state index contributed by atoms with van der Waals surface area (Å²) in [6, 6.07) is 3.35. The highest BCUT2D eigenvalue weighted by molar-refractivity contribution is 6.20. The quantitative estimate of drug-likeness (QED) is 0.552. The van der Waals surface area contributed by atoms with Crippen LogP contribution in [0.1, 0.15) is 43.0 Å². The number of nitrogens with zero attached hydrogens (tertiary/aromatic N) is 2. The number of alkyl halides is 1. The average Bonchev–Trinajstić information content (AvgIpc) is 2.77. The molecule has 5 heteroatoms. The van der Waals surface area contributed by atoms with Crippen LogP contribution in [-0.4, -0.2) is 23.3 Å². The molecule has 0 saturated carbocycles. The Kier molecular flexibility index (Phi) is 5.59. The molecule has 0 spiro atoms. The predicted octanol–water partition coefficient (Wildman–Crippen LogP) is 4.60. The van der Waals surface area contributed by atoms with E-state index < -0.39 is 0 Å². The van der Waals surface area contributed by atoms with Gasteiger partial charge in [0.15, 0.2) is 0 Å². The fraction of sp³-hybridized carbons (Fsp3) is 0.562. The molecule has 1 aromatic heterocycles. The molecule has 0 radical (unpaired) electrons. The molecule has 0 amide bonds. The molecule has 0 fully saturated rings. The molecular weight excluding hydrogens is 291 g/mol. The van der Waals surface area contributed by atoms with Gasteiger partial charge in [0, 0.05) is 26.3 Å². The SMILES string of the molecule is COCCCCCn1c(C(C)Cl)nc2cc(F)c(C)cc21. The molecule has 1 heterocycles. The van der Waals surface area contributed by atoms with Gasteiger partial charge >= 0.3 is 0 Å². The number of methoxy groups -OCH3 is 1. The number of unbranched alkanes of at least 4 members (excludes halogenated alkanes) is 2. The summed E-state index contributed by atoms with van der Waals surface area (Å²) in [5.41, 5.74) is 2.28. The molecule has 116 valence electrons. The summed E-state index contributed by atoms with van der Waals surface area (Å²) >= 11 is 6.22. The van der Waals surface area contributed by atoms with E-state index in [0.717, 1.165) is 43.8 Å². The van der Waals surface area contributed by atoms with Gasteiger partial charge < -0.3 is 9.30 Å². The van der Waals surface area contributed by atoms with Gasteiger partial charge in [0.2, 0.25) is 0 Å². The van der Waals surface area contributed by atoms with Crippen molar-refractivity contribution in [2.75, 3.05) is 13.7 Å². The Balaban J connectivity index is 2.26. The summed E-state index contributed by atoms with van der Waals surface area (Å²) in [4.78, 5) is 4.50. The van der Waals surface area contributed by atoms with Gasteiger partial charge in [-0.1, -0.05) is 0 Å². The number of benzene rings is 1. The highest BCUT2D eigenvalue weighted by atomic mass is 35.5. The molecule has 0 N–H and O–H groups in total. The minimum Gasteiger partial charge on any atom is -0.385 e. The fourth-order valence-corrected chi connectivity index (χ4v) is 2.67. The van der Waals surface area contributed by atoms with Gasteiger partial charge in [0.1, 0.15) is 11.6 Å². The van der Waals surface area contributed by atoms with E-state index in [4.69, 9.17) is 16.3 Å². The lowest BCUT2D eigenvalue weighted by Gasteiger charge is -2.10. The number of aromatic nitrogens is 2. The molecule has 1 unspecified atom stereocenters. The van der Waals surface area contributed by atoms with Crippen molar-refractivity contribution < 1.29 is 9.13 Å². The van der Waals surface area contributed by atoms with Gasteiger partial charge in [0.05, 0.1) is 16.4 Å². The zero-order valence-corrected chi connectivity index (χ0v) is 13.6. The minimum atomic E-state index is -0.221. The van der Waals surface area contributed by atoms with E-state index in [0.29, 0.717) is 11.1 Å². The number of hydrogen-bond acceptors (Lipinski definition) is 2. The van der Waals surface area contributed by atoms with Crippen LogP contribution >= 0.6 is 11.6 Å². The molecule has 0 saturated heterocycles. The van der Waals surface area contributed by atoms with Gasteiger partial charge in [0.25, 0.3) is 0 Å². The van der Waals surface area contributed by atoms with Crippen LogP contribution in [0.15, 0.2) is 12.1 Å². The van der Waals surface area contributed by atoms with Crippen molar-refractivity contribution in [3.63, 3.8) is 0 Å². The average molecular weight is 313 g/mol. The lowest BCUT2D eigenvalue weighted by molar-refractivity contribution is 0.191. The van der Waals surface area contributed by atoms with Crippen LogP contribution in [0.25, 0.3) is 11.0 Å². The normalized spacial score (nSPS) is 13.0. The van der Waals surface area contributed by atoms with Crippen molar-refractivity contribution >= 4 is 22.6 Å². The summed E-state index contributed by atoms with van der Waals surface area (Å²) in [6.45, 7) is 5.30. The molecule has 0 bridgehead atoms. The maximum Gasteiger partial charge on any atom is 0.128 e. The smallest absolute Gasteiger partial charge is 0.128 e. The van der Waals surface area contributed by atoms with Crippen LogP contribution in [-0.2, 0) is 11.3 Å². The van der Waals surface area contributed by atoms with Crippen molar-refractivity contribution in [3.8, 4) is 0 Å². The third-order valence-electron chi connectivity index (χ3n) is 3.64. The van der Waals surface area contributed by atoms with Crippen LogP contribution in [0.2, 0.25) is 0 Å². The molecule has 21 heavy (non-hydrogen) atoms. The van der Waals surface area contributed by atoms with Crippen LogP contribution in [0.4, 0.5) is 4.39 Å². The van der Waals surface area contributed by atoms with E-state index in [1.165, 1.54) is 6.07 Å². The first kappa shape index (κ1) is 16.2. The molecule has 0 aliphatic carbocycles. The third kappa shape index (κ3) is 3.74. The van der Waals surface area contributed by atoms with Crippen LogP contribution in [0, 0.1) is 12.7 Å². The van der Waals surface area contributed by atoms with E-state index >= 15 is 0 Å². The zero-order chi connectivity index (χ0) is 15.4. The Bertz CT molecular complexity index is 610. The second-order valence-electron chi connectivity index (χ2n) is 5.38. The Morgan fingerprint density at radius 3 is 2.76 bits per heavy atom. The monoisotopic (exact) mass is 312 g/mol. The van der Waals surface area contributed by atoms with Gasteiger partial charge in [-0.15, -0.1) is 11.6 Å². The Labute approximate surface area is 130 Å². The van der Waals surface area contributed by atoms with E-state index in [9.17, 15) is 4.39 Å². The second-order valence-corrected chi connectivity index (χ2v) is 6.04. The number of hydrogen-bond donors (Lipinski definition) is 0. The van der Waals surface area contributed by atoms with E-state index in [-0.39, 0.29) is 11.2 Å². The lowest BCUT2D eigenvalue weighted by atomic mass is 10.2. The summed E-state index contributed by atoms with van der Waals surface area (Å²) in [6.07, 6.45) is 3.16. The molecule has 1 aromatic carbocycles. The van der Waals surface area contributed by atoms with E-state index in [2.05, 4.69) is 9.55 Å². The van der Waals surface area contributed by atoms with Gasteiger partial charge in [-0.3, -0.25) is 0 Å². The molecule has 2 rings (SSSR count). The van der Waals surface area contributed by atoms with Crippen molar-refractivity contribution in [2.45, 2.75) is 45.0 Å². The molecule has 1 atom stereocenters. The van der Waals surface area contributed by atoms with Crippen molar-refractivity contribution in [1.29, 1.82) is 0 Å². The van der Waals surface area contributed by atoms with Crippen molar-refractivity contribution in [3.05, 3.63) is 29.3 Å². The number of imidazole rings is 1. The lowest BCUT2D eigenvalue weighted by Crippen LogP contribution is -2.05. The molecule has 0 aliphatic rings. The first-order chi connectivity index (χ1) is 10.0. The second kappa shape index (κ2) is 7.23. The largest absolute Gasteiger partial charge is 0.385 e. The maximum absolute atomic E-state index is 13.7. The van der Waals surface area contributed by atoms with Crippen LogP contribution < -0.4 is 0 Å². The first-order valence-electron chi connectivity index (χ1n) is 7.34. The first-order valence-corrected chi connectivity index (χ1v) is 7.77. The van der Waals surface area contributed by atoms with Gasteiger partial charge in [-0.05, 0) is 44.7 Å². The van der Waals surface area contributed by atoms with Crippen LogP contribution in [0.3, 0.4) is 0 Å². The minimum absolute atomic E-state index is 0.195. The Morgan fingerprint density at radius 1 is 1.33 bits per heavy atom. The molecule has 2 aromatic rings. The maximum atomic E-state index is 13.7. The number of aryl methyl sites for hydroxylation is 2. The van der Waals surface area contributed by atoms with Gasteiger partial charge in [-0.2, -0.15) is 0 Å². The van der Waals surface area contributed by atoms with Gasteiger partial charge in [-0.25, -0.2) is 9.37 Å². The Hall–Kier alpha value is -1.13. The van der Waals surface area contributed by atoms with E-state index in [1.807, 2.05) is 13.0 Å². The highest BCUT2D eigenvalue weighted by Crippen LogP contribution is 2.27. The van der Waals surface area contributed by atoms with Crippen LogP contribution in [0.5, 0.6) is 0 Å². The standard InChI is InChI=1S/C16H22ClFN2O/c1-11-9-15-14(10-13(11)18)19-16(12(2)17)20(15)7-5-4-6-8-21-3/h9-10,12H,4-8H2,1-3H3. The topological polar surface area (TPSA) is 27.1 Å². The Morgan fingerprint density at radius 2 is 2.10 bits per heavy atom. The number of halogens is 2.